The molecule has 1 saturated heterocycles. The van der Waals surface area contributed by atoms with Crippen molar-refractivity contribution in [1.82, 2.24) is 30.8 Å². The SMILES string of the molecule is CC[C@@H](C)C(NC(=O)C(Cc1ccccc1)CC(O)CN1C[C@@H]2CCCC[C@@H]2C[C@H]1C(=O)NC(C)(C)C)C(=O)NCc1nc2ccccc2[nH]1. The highest BCUT2D eigenvalue weighted by atomic mass is 16.3. The van der Waals surface area contributed by atoms with Crippen molar-refractivity contribution in [3.8, 4) is 0 Å². The van der Waals surface area contributed by atoms with Crippen LogP contribution in [0, 0.1) is 23.7 Å². The van der Waals surface area contributed by atoms with E-state index in [9.17, 15) is 19.5 Å². The molecule has 2 aromatic carbocycles. The summed E-state index contributed by atoms with van der Waals surface area (Å²) in [5.74, 6) is 0.489. The first-order valence-corrected chi connectivity index (χ1v) is 18.7. The first kappa shape index (κ1) is 37.5. The Balaban J connectivity index is 1.28. The Morgan fingerprint density at radius 1 is 1.00 bits per heavy atom. The Labute approximate surface area is 297 Å². The molecule has 10 nitrogen and oxygen atoms in total. The first-order chi connectivity index (χ1) is 23.9. The number of carbonyl (C=O) groups is 3. The minimum atomic E-state index is -0.830. The lowest BCUT2D eigenvalue weighted by atomic mass is 9.72. The van der Waals surface area contributed by atoms with Crippen LogP contribution in [0.2, 0.25) is 0 Å². The number of benzene rings is 2. The topological polar surface area (TPSA) is 139 Å². The number of likely N-dealkylation sites (tertiary alicyclic amines) is 1. The van der Waals surface area contributed by atoms with E-state index in [0.29, 0.717) is 37.0 Å². The van der Waals surface area contributed by atoms with Crippen molar-refractivity contribution in [3.05, 3.63) is 66.0 Å². The Morgan fingerprint density at radius 3 is 2.40 bits per heavy atom. The van der Waals surface area contributed by atoms with Gasteiger partial charge in [0.2, 0.25) is 17.7 Å². The van der Waals surface area contributed by atoms with Gasteiger partial charge < -0.3 is 26.0 Å². The predicted molar refractivity (Wildman–Crippen MR) is 197 cm³/mol. The summed E-state index contributed by atoms with van der Waals surface area (Å²) < 4.78 is 0. The molecular weight excluding hydrogens is 628 g/mol. The minimum Gasteiger partial charge on any atom is -0.392 e. The molecule has 3 aromatic rings. The van der Waals surface area contributed by atoms with Crippen LogP contribution in [0.3, 0.4) is 0 Å². The van der Waals surface area contributed by atoms with Crippen molar-refractivity contribution >= 4 is 28.8 Å². The normalized spacial score (nSPS) is 22.2. The molecular formula is C40H58N6O4. The van der Waals surface area contributed by atoms with Crippen LogP contribution in [0.1, 0.15) is 91.0 Å². The second-order valence-electron chi connectivity index (χ2n) is 15.8. The zero-order valence-electron chi connectivity index (χ0n) is 30.6. The number of piperidine rings is 1. The molecule has 3 unspecified atom stereocenters. The summed E-state index contributed by atoms with van der Waals surface area (Å²) >= 11 is 0. The summed E-state index contributed by atoms with van der Waals surface area (Å²) in [6.07, 6.45) is 6.04. The Hall–Kier alpha value is -3.76. The maximum atomic E-state index is 14.1. The smallest absolute Gasteiger partial charge is 0.243 e. The van der Waals surface area contributed by atoms with Crippen LogP contribution in [-0.4, -0.2) is 74.5 Å². The molecule has 0 radical (unpaired) electrons. The summed E-state index contributed by atoms with van der Waals surface area (Å²) in [5, 5.41) is 20.9. The molecule has 0 spiro atoms. The predicted octanol–water partition coefficient (Wildman–Crippen LogP) is 5.12. The van der Waals surface area contributed by atoms with E-state index in [-0.39, 0.29) is 48.2 Å². The van der Waals surface area contributed by atoms with Crippen molar-refractivity contribution in [2.24, 2.45) is 23.7 Å². The zero-order valence-corrected chi connectivity index (χ0v) is 30.6. The van der Waals surface area contributed by atoms with Crippen molar-refractivity contribution in [1.29, 1.82) is 0 Å². The van der Waals surface area contributed by atoms with E-state index >= 15 is 0 Å². The van der Waals surface area contributed by atoms with Gasteiger partial charge in [0.05, 0.1) is 29.7 Å². The number of carbonyl (C=O) groups excluding carboxylic acids is 3. The van der Waals surface area contributed by atoms with E-state index in [4.69, 9.17) is 0 Å². The second-order valence-corrected chi connectivity index (χ2v) is 15.8. The number of fused-ring (bicyclic) bond motifs is 2. The molecule has 3 amide bonds. The molecule has 10 heteroatoms. The number of imidazole rings is 1. The summed E-state index contributed by atoms with van der Waals surface area (Å²) in [6, 6.07) is 16.5. The summed E-state index contributed by atoms with van der Waals surface area (Å²) in [7, 11) is 0. The van der Waals surface area contributed by atoms with E-state index in [2.05, 4.69) is 30.8 Å². The maximum Gasteiger partial charge on any atom is 0.243 e. The number of para-hydroxylation sites is 2. The van der Waals surface area contributed by atoms with Gasteiger partial charge in [-0.25, -0.2) is 4.98 Å². The summed E-state index contributed by atoms with van der Waals surface area (Å²) in [6.45, 7) is 11.3. The quantitative estimate of drug-likeness (QED) is 0.160. The monoisotopic (exact) mass is 686 g/mol. The van der Waals surface area contributed by atoms with Gasteiger partial charge in [-0.15, -0.1) is 0 Å². The number of rotatable bonds is 14. The van der Waals surface area contributed by atoms with E-state index < -0.39 is 18.1 Å². The third kappa shape index (κ3) is 10.2. The number of hydrogen-bond acceptors (Lipinski definition) is 6. The highest BCUT2D eigenvalue weighted by Crippen LogP contribution is 2.39. The molecule has 272 valence electrons. The molecule has 2 heterocycles. The second kappa shape index (κ2) is 17.0. The van der Waals surface area contributed by atoms with Gasteiger partial charge in [-0.05, 0) is 81.9 Å². The molecule has 1 aromatic heterocycles. The Kier molecular flexibility index (Phi) is 12.7. The third-order valence-corrected chi connectivity index (χ3v) is 10.7. The van der Waals surface area contributed by atoms with Gasteiger partial charge in [0.15, 0.2) is 0 Å². The van der Waals surface area contributed by atoms with E-state index in [0.717, 1.165) is 42.4 Å². The average Bonchev–Trinajstić information content (AvgIpc) is 3.51. The average molecular weight is 687 g/mol. The molecule has 1 saturated carbocycles. The number of nitrogens with zero attached hydrogens (tertiary/aromatic N) is 2. The molecule has 50 heavy (non-hydrogen) atoms. The van der Waals surface area contributed by atoms with Gasteiger partial charge in [-0.1, -0.05) is 82.0 Å². The number of H-pyrrole nitrogens is 1. The van der Waals surface area contributed by atoms with E-state index in [1.54, 1.807) is 0 Å². The molecule has 2 fully saturated rings. The van der Waals surface area contributed by atoms with Crippen LogP contribution in [0.4, 0.5) is 0 Å². The molecule has 1 aliphatic heterocycles. The third-order valence-electron chi connectivity index (χ3n) is 10.7. The summed E-state index contributed by atoms with van der Waals surface area (Å²) in [4.78, 5) is 51.3. The minimum absolute atomic E-state index is 0.0114. The first-order valence-electron chi connectivity index (χ1n) is 18.7. The number of β-amino-alcohol motifs (C(OH)–C–C–N with tert-alkyl or cyclic N) is 1. The standard InChI is InChI=1S/C40H58N6O4/c1-6-26(2)36(39(50)41-23-35-42-32-18-12-13-19-33(32)43-35)44-37(48)30(20-27-14-8-7-9-15-27)21-31(47)25-46-24-29-17-11-10-16-28(29)22-34(46)38(49)45-40(3,4)5/h7-9,12-15,18-19,26,28-31,34,36,47H,6,10-11,16-17,20-25H2,1-5H3,(H,41,50)(H,42,43)(H,44,48)(H,45,49)/t26-,28-,29+,30?,31?,34+,36?/m1/s1. The van der Waals surface area contributed by atoms with Crippen LogP contribution in [0.15, 0.2) is 54.6 Å². The molecule has 1 aliphatic carbocycles. The molecule has 0 bridgehead atoms. The number of aliphatic hydroxyl groups excluding tert-OH is 1. The molecule has 2 aliphatic rings. The Morgan fingerprint density at radius 2 is 1.70 bits per heavy atom. The highest BCUT2D eigenvalue weighted by Gasteiger charge is 2.41. The summed E-state index contributed by atoms with van der Waals surface area (Å²) in [5.41, 5.74) is 2.36. The fraction of sp³-hybridized carbons (Fsp3) is 0.600. The van der Waals surface area contributed by atoms with Crippen LogP contribution >= 0.6 is 0 Å². The van der Waals surface area contributed by atoms with Crippen molar-refractivity contribution < 1.29 is 19.5 Å². The lowest BCUT2D eigenvalue weighted by Gasteiger charge is -2.46. The van der Waals surface area contributed by atoms with Crippen LogP contribution in [0.5, 0.6) is 0 Å². The molecule has 5 N–H and O–H groups in total. The van der Waals surface area contributed by atoms with E-state index in [1.165, 1.54) is 12.8 Å². The number of aromatic nitrogens is 2. The van der Waals surface area contributed by atoms with E-state index in [1.807, 2.05) is 89.2 Å². The Bertz CT molecular complexity index is 1540. The fourth-order valence-corrected chi connectivity index (χ4v) is 7.83. The zero-order chi connectivity index (χ0) is 35.8. The lowest BCUT2D eigenvalue weighted by Crippen LogP contribution is -2.58. The van der Waals surface area contributed by atoms with Gasteiger partial charge in [0.25, 0.3) is 0 Å². The number of aliphatic hydroxyl groups is 1. The number of amides is 3. The van der Waals surface area contributed by atoms with Gasteiger partial charge >= 0.3 is 0 Å². The lowest BCUT2D eigenvalue weighted by molar-refractivity contribution is -0.134. The highest BCUT2D eigenvalue weighted by molar-refractivity contribution is 5.89. The number of nitrogens with one attached hydrogen (secondary N) is 4. The number of aromatic amines is 1. The molecule has 7 atom stereocenters. The van der Waals surface area contributed by atoms with Crippen LogP contribution in [0.25, 0.3) is 11.0 Å². The molecule has 5 rings (SSSR count). The van der Waals surface area contributed by atoms with Crippen LogP contribution in [-0.2, 0) is 27.3 Å². The van der Waals surface area contributed by atoms with Crippen molar-refractivity contribution in [2.45, 2.75) is 116 Å². The van der Waals surface area contributed by atoms with Gasteiger partial charge in [0.1, 0.15) is 11.9 Å². The van der Waals surface area contributed by atoms with Crippen molar-refractivity contribution in [3.63, 3.8) is 0 Å². The van der Waals surface area contributed by atoms with Gasteiger partial charge in [-0.3, -0.25) is 19.3 Å². The number of hydrogen-bond donors (Lipinski definition) is 5. The fourth-order valence-electron chi connectivity index (χ4n) is 7.83. The maximum absolute atomic E-state index is 14.1. The largest absolute Gasteiger partial charge is 0.392 e. The van der Waals surface area contributed by atoms with Crippen LogP contribution < -0.4 is 16.0 Å². The van der Waals surface area contributed by atoms with Gasteiger partial charge in [0, 0.05) is 24.5 Å². The van der Waals surface area contributed by atoms with Gasteiger partial charge in [-0.2, -0.15) is 0 Å². The van der Waals surface area contributed by atoms with Crippen molar-refractivity contribution in [2.75, 3.05) is 13.1 Å².